The summed E-state index contributed by atoms with van der Waals surface area (Å²) in [6.45, 7) is 3.61. The first kappa shape index (κ1) is 15.2. The SMILES string of the molecule is CCc1cc(=O)oc2nc(ON=C(C)c3ccsc3)[nH]c(=O)c12. The molecule has 3 aromatic rings. The van der Waals surface area contributed by atoms with Gasteiger partial charge in [-0.15, -0.1) is 0 Å². The largest absolute Gasteiger partial charge is 0.403 e. The minimum atomic E-state index is -0.559. The average Bonchev–Trinajstić information content (AvgIpc) is 3.05. The number of nitrogens with one attached hydrogen (secondary N) is 1. The Bertz CT molecular complexity index is 986. The first-order valence-electron chi connectivity index (χ1n) is 6.89. The van der Waals surface area contributed by atoms with Gasteiger partial charge in [0.1, 0.15) is 5.39 Å². The van der Waals surface area contributed by atoms with Gasteiger partial charge < -0.3 is 9.25 Å². The van der Waals surface area contributed by atoms with Crippen LogP contribution in [0, 0.1) is 0 Å². The predicted molar refractivity (Wildman–Crippen MR) is 87.4 cm³/mol. The number of thiophene rings is 1. The van der Waals surface area contributed by atoms with Crippen molar-refractivity contribution in [3.05, 3.63) is 54.8 Å². The molecule has 7 nitrogen and oxygen atoms in total. The van der Waals surface area contributed by atoms with Crippen LogP contribution in [0.1, 0.15) is 25.0 Å². The van der Waals surface area contributed by atoms with Gasteiger partial charge in [-0.3, -0.25) is 9.78 Å². The number of aromatic amines is 1. The van der Waals surface area contributed by atoms with Crippen LogP contribution in [0.3, 0.4) is 0 Å². The number of oxime groups is 1. The number of rotatable bonds is 4. The highest BCUT2D eigenvalue weighted by Gasteiger charge is 2.12. The summed E-state index contributed by atoms with van der Waals surface area (Å²) in [7, 11) is 0. The van der Waals surface area contributed by atoms with E-state index in [0.29, 0.717) is 17.7 Å². The number of aromatic nitrogens is 2. The molecule has 1 N–H and O–H groups in total. The average molecular weight is 331 g/mol. The molecule has 0 aliphatic rings. The van der Waals surface area contributed by atoms with Crippen LogP contribution in [-0.4, -0.2) is 15.7 Å². The van der Waals surface area contributed by atoms with Crippen molar-refractivity contribution in [2.24, 2.45) is 5.16 Å². The molecule has 8 heteroatoms. The van der Waals surface area contributed by atoms with Crippen LogP contribution in [0.2, 0.25) is 0 Å². The first-order valence-corrected chi connectivity index (χ1v) is 7.84. The van der Waals surface area contributed by atoms with Crippen molar-refractivity contribution in [2.75, 3.05) is 0 Å². The summed E-state index contributed by atoms with van der Waals surface area (Å²) >= 11 is 1.54. The quantitative estimate of drug-likeness (QED) is 0.584. The van der Waals surface area contributed by atoms with E-state index in [9.17, 15) is 9.59 Å². The molecule has 3 aromatic heterocycles. The molecule has 3 rings (SSSR count). The zero-order chi connectivity index (χ0) is 16.4. The molecule has 0 aliphatic carbocycles. The topological polar surface area (TPSA) is 97.5 Å². The van der Waals surface area contributed by atoms with Gasteiger partial charge in [-0.2, -0.15) is 16.3 Å². The van der Waals surface area contributed by atoms with Crippen molar-refractivity contribution in [3.8, 4) is 6.01 Å². The first-order chi connectivity index (χ1) is 11.1. The maximum absolute atomic E-state index is 12.2. The molecule has 0 aromatic carbocycles. The summed E-state index contributed by atoms with van der Waals surface area (Å²) in [5.74, 6) is 0. The fourth-order valence-corrected chi connectivity index (χ4v) is 2.79. The van der Waals surface area contributed by atoms with E-state index in [1.807, 2.05) is 23.8 Å². The molecule has 0 aliphatic heterocycles. The molecule has 0 bridgehead atoms. The molecule has 0 amide bonds. The Hall–Kier alpha value is -2.74. The lowest BCUT2D eigenvalue weighted by Crippen LogP contribution is -2.14. The number of hydrogen-bond acceptors (Lipinski definition) is 7. The van der Waals surface area contributed by atoms with Crippen LogP contribution in [0.15, 0.2) is 42.1 Å². The van der Waals surface area contributed by atoms with E-state index in [4.69, 9.17) is 9.25 Å². The van der Waals surface area contributed by atoms with Crippen LogP contribution >= 0.6 is 11.3 Å². The minimum absolute atomic E-state index is 0.0588. The Morgan fingerprint density at radius 3 is 3.00 bits per heavy atom. The van der Waals surface area contributed by atoms with Gasteiger partial charge in [0.2, 0.25) is 5.71 Å². The monoisotopic (exact) mass is 331 g/mol. The van der Waals surface area contributed by atoms with Gasteiger partial charge in [0.05, 0.1) is 5.71 Å². The second-order valence-electron chi connectivity index (χ2n) is 4.78. The van der Waals surface area contributed by atoms with E-state index in [1.54, 1.807) is 18.3 Å². The van der Waals surface area contributed by atoms with E-state index in [2.05, 4.69) is 15.1 Å². The molecule has 23 heavy (non-hydrogen) atoms. The van der Waals surface area contributed by atoms with Crippen molar-refractivity contribution in [3.63, 3.8) is 0 Å². The zero-order valence-corrected chi connectivity index (χ0v) is 13.3. The lowest BCUT2D eigenvalue weighted by molar-refractivity contribution is 0.311. The second-order valence-corrected chi connectivity index (χ2v) is 5.56. The minimum Gasteiger partial charge on any atom is -0.403 e. The Balaban J connectivity index is 2.02. The van der Waals surface area contributed by atoms with Gasteiger partial charge in [0, 0.05) is 11.6 Å². The number of nitrogens with zero attached hydrogens (tertiary/aromatic N) is 2. The molecule has 0 spiro atoms. The fraction of sp³-hybridized carbons (Fsp3) is 0.200. The Morgan fingerprint density at radius 1 is 1.48 bits per heavy atom. The normalized spacial score (nSPS) is 11.8. The third-order valence-electron chi connectivity index (χ3n) is 3.26. The number of hydrogen-bond donors (Lipinski definition) is 1. The summed E-state index contributed by atoms with van der Waals surface area (Å²) in [5, 5.41) is 8.01. The summed E-state index contributed by atoms with van der Waals surface area (Å²) in [6, 6.07) is 3.06. The molecular weight excluding hydrogens is 318 g/mol. The number of fused-ring (bicyclic) bond motifs is 1. The standard InChI is InChI=1S/C15H13N3O4S/c1-3-9-6-11(19)21-14-12(9)13(20)16-15(17-14)22-18-8(2)10-4-5-23-7-10/h4-7H,3H2,1-2H3,(H,16,17,20). The van der Waals surface area contributed by atoms with Gasteiger partial charge in [-0.1, -0.05) is 12.1 Å². The molecule has 0 atom stereocenters. The highest BCUT2D eigenvalue weighted by atomic mass is 32.1. The van der Waals surface area contributed by atoms with E-state index in [-0.39, 0.29) is 17.1 Å². The van der Waals surface area contributed by atoms with E-state index in [1.165, 1.54) is 6.07 Å². The fourth-order valence-electron chi connectivity index (χ4n) is 2.09. The molecule has 0 unspecified atom stereocenters. The Labute approximate surface area is 134 Å². The van der Waals surface area contributed by atoms with E-state index >= 15 is 0 Å². The summed E-state index contributed by atoms with van der Waals surface area (Å²) in [5.41, 5.74) is 1.08. The molecule has 0 saturated heterocycles. The molecule has 0 radical (unpaired) electrons. The van der Waals surface area contributed by atoms with Crippen LogP contribution in [0.4, 0.5) is 0 Å². The van der Waals surface area contributed by atoms with Crippen molar-refractivity contribution in [1.29, 1.82) is 0 Å². The number of H-pyrrole nitrogens is 1. The lowest BCUT2D eigenvalue weighted by atomic mass is 10.1. The summed E-state index contributed by atoms with van der Waals surface area (Å²) in [4.78, 5) is 35.4. The van der Waals surface area contributed by atoms with Gasteiger partial charge in [-0.25, -0.2) is 4.79 Å². The van der Waals surface area contributed by atoms with E-state index < -0.39 is 11.2 Å². The van der Waals surface area contributed by atoms with Crippen LogP contribution in [0.5, 0.6) is 6.01 Å². The summed E-state index contributed by atoms with van der Waals surface area (Å²) in [6.07, 6.45) is 0.516. The Morgan fingerprint density at radius 2 is 2.30 bits per heavy atom. The van der Waals surface area contributed by atoms with Gasteiger partial charge >= 0.3 is 11.6 Å². The van der Waals surface area contributed by atoms with Crippen LogP contribution in [0.25, 0.3) is 11.1 Å². The van der Waals surface area contributed by atoms with E-state index in [0.717, 1.165) is 5.56 Å². The van der Waals surface area contributed by atoms with Crippen molar-refractivity contribution in [2.45, 2.75) is 20.3 Å². The Kier molecular flexibility index (Phi) is 4.07. The zero-order valence-electron chi connectivity index (χ0n) is 12.5. The third-order valence-corrected chi connectivity index (χ3v) is 3.95. The van der Waals surface area contributed by atoms with Crippen molar-refractivity contribution >= 4 is 28.1 Å². The molecular formula is C15H13N3O4S. The molecule has 118 valence electrons. The maximum atomic E-state index is 12.2. The van der Waals surface area contributed by atoms with Crippen molar-refractivity contribution in [1.82, 2.24) is 9.97 Å². The predicted octanol–water partition coefficient (Wildman–Crippen LogP) is 2.30. The van der Waals surface area contributed by atoms with Crippen LogP contribution < -0.4 is 16.0 Å². The summed E-state index contributed by atoms with van der Waals surface area (Å²) < 4.78 is 4.99. The third kappa shape index (κ3) is 3.07. The second kappa shape index (κ2) is 6.17. The highest BCUT2D eigenvalue weighted by Crippen LogP contribution is 2.14. The highest BCUT2D eigenvalue weighted by molar-refractivity contribution is 7.08. The van der Waals surface area contributed by atoms with Crippen molar-refractivity contribution < 1.29 is 9.25 Å². The molecule has 0 fully saturated rings. The van der Waals surface area contributed by atoms with Gasteiger partial charge in [0.15, 0.2) is 0 Å². The smallest absolute Gasteiger partial charge is 0.337 e. The number of aryl methyl sites for hydroxylation is 1. The van der Waals surface area contributed by atoms with Gasteiger partial charge in [-0.05, 0) is 35.7 Å². The lowest BCUT2D eigenvalue weighted by Gasteiger charge is -2.03. The molecule has 0 saturated carbocycles. The maximum Gasteiger partial charge on any atom is 0.337 e. The van der Waals surface area contributed by atoms with Crippen LogP contribution in [-0.2, 0) is 6.42 Å². The molecule has 3 heterocycles. The van der Waals surface area contributed by atoms with Gasteiger partial charge in [0.25, 0.3) is 5.56 Å².